The Bertz CT molecular complexity index is 442. The number of hydrogen-bond donors (Lipinski definition) is 1. The minimum absolute atomic E-state index is 0.0129. The third kappa shape index (κ3) is 2.16. The van der Waals surface area contributed by atoms with E-state index in [-0.39, 0.29) is 5.56 Å². The summed E-state index contributed by atoms with van der Waals surface area (Å²) in [5.74, 6) is -3.44. The topological polar surface area (TPSA) is 26.0 Å². The molecule has 17 heavy (non-hydrogen) atoms. The summed E-state index contributed by atoms with van der Waals surface area (Å²) in [6, 6.07) is 0.835. The van der Waals surface area contributed by atoms with E-state index in [0.717, 1.165) is 25.3 Å². The van der Waals surface area contributed by atoms with E-state index < -0.39 is 28.0 Å². The van der Waals surface area contributed by atoms with Crippen LogP contribution >= 0.6 is 11.6 Å². The van der Waals surface area contributed by atoms with Crippen molar-refractivity contribution in [3.63, 3.8) is 0 Å². The van der Waals surface area contributed by atoms with Gasteiger partial charge in [-0.15, -0.1) is 0 Å². The van der Waals surface area contributed by atoms with E-state index in [9.17, 15) is 13.2 Å². The standard InChI is InChI=1S/C12H13ClF3N/c13-9-10(15)7(6-8(14)11(9)16)12(17)4-2-1-3-5-12/h6H,1-5,17H2. The summed E-state index contributed by atoms with van der Waals surface area (Å²) in [6.45, 7) is 0. The molecular formula is C12H13ClF3N. The largest absolute Gasteiger partial charge is 0.321 e. The summed E-state index contributed by atoms with van der Waals surface area (Å²) < 4.78 is 40.2. The Kier molecular flexibility index (Phi) is 3.36. The number of rotatable bonds is 1. The zero-order chi connectivity index (χ0) is 12.6. The van der Waals surface area contributed by atoms with Gasteiger partial charge in [0.05, 0.1) is 0 Å². The van der Waals surface area contributed by atoms with Gasteiger partial charge in [0.1, 0.15) is 10.8 Å². The number of benzene rings is 1. The lowest BCUT2D eigenvalue weighted by molar-refractivity contribution is 0.290. The highest BCUT2D eigenvalue weighted by Gasteiger charge is 2.34. The molecule has 0 heterocycles. The van der Waals surface area contributed by atoms with Gasteiger partial charge in [-0.3, -0.25) is 0 Å². The number of hydrogen-bond acceptors (Lipinski definition) is 1. The van der Waals surface area contributed by atoms with Gasteiger partial charge in [0, 0.05) is 11.1 Å². The van der Waals surface area contributed by atoms with Gasteiger partial charge in [-0.1, -0.05) is 30.9 Å². The maximum absolute atomic E-state index is 13.9. The van der Waals surface area contributed by atoms with Gasteiger partial charge in [0.25, 0.3) is 0 Å². The smallest absolute Gasteiger partial charge is 0.180 e. The van der Waals surface area contributed by atoms with E-state index in [1.165, 1.54) is 0 Å². The third-order valence-corrected chi connectivity index (χ3v) is 3.72. The van der Waals surface area contributed by atoms with Crippen molar-refractivity contribution in [3.8, 4) is 0 Å². The van der Waals surface area contributed by atoms with Crippen molar-refractivity contribution in [2.75, 3.05) is 0 Å². The van der Waals surface area contributed by atoms with Crippen LogP contribution in [0.5, 0.6) is 0 Å². The quantitative estimate of drug-likeness (QED) is 0.604. The minimum atomic E-state index is -1.35. The number of halogens is 4. The van der Waals surface area contributed by atoms with Crippen LogP contribution in [0.3, 0.4) is 0 Å². The molecule has 2 rings (SSSR count). The van der Waals surface area contributed by atoms with Gasteiger partial charge in [-0.05, 0) is 18.9 Å². The highest BCUT2D eigenvalue weighted by atomic mass is 35.5. The van der Waals surface area contributed by atoms with Crippen molar-refractivity contribution in [3.05, 3.63) is 34.1 Å². The van der Waals surface area contributed by atoms with Gasteiger partial charge in [-0.2, -0.15) is 0 Å². The summed E-state index contributed by atoms with van der Waals surface area (Å²) in [4.78, 5) is 0. The molecule has 0 unspecified atom stereocenters. The van der Waals surface area contributed by atoms with Crippen LogP contribution in [0.4, 0.5) is 13.2 Å². The molecular weight excluding hydrogens is 251 g/mol. The molecule has 1 aliphatic rings. The fourth-order valence-corrected chi connectivity index (χ4v) is 2.58. The molecule has 0 aromatic heterocycles. The number of nitrogens with two attached hydrogens (primary N) is 1. The molecule has 1 aliphatic carbocycles. The molecule has 94 valence electrons. The molecule has 2 N–H and O–H groups in total. The van der Waals surface area contributed by atoms with Crippen LogP contribution in [0.25, 0.3) is 0 Å². The molecule has 0 amide bonds. The third-order valence-electron chi connectivity index (χ3n) is 3.38. The zero-order valence-corrected chi connectivity index (χ0v) is 9.96. The van der Waals surface area contributed by atoms with Crippen LogP contribution < -0.4 is 5.73 Å². The highest BCUT2D eigenvalue weighted by Crippen LogP contribution is 2.38. The fourth-order valence-electron chi connectivity index (χ4n) is 2.39. The molecule has 0 spiro atoms. The maximum Gasteiger partial charge on any atom is 0.180 e. The average Bonchev–Trinajstić information content (AvgIpc) is 2.32. The Morgan fingerprint density at radius 3 is 2.24 bits per heavy atom. The van der Waals surface area contributed by atoms with Crippen molar-refractivity contribution in [2.45, 2.75) is 37.6 Å². The van der Waals surface area contributed by atoms with Crippen LogP contribution in [0, 0.1) is 17.5 Å². The van der Waals surface area contributed by atoms with Crippen molar-refractivity contribution < 1.29 is 13.2 Å². The Morgan fingerprint density at radius 1 is 1.06 bits per heavy atom. The van der Waals surface area contributed by atoms with E-state index in [1.807, 2.05) is 0 Å². The molecule has 5 heteroatoms. The van der Waals surface area contributed by atoms with E-state index in [0.29, 0.717) is 12.8 Å². The normalized spacial score (nSPS) is 19.4. The minimum Gasteiger partial charge on any atom is -0.321 e. The maximum atomic E-state index is 13.9. The van der Waals surface area contributed by atoms with Crippen LogP contribution in [0.15, 0.2) is 6.07 Å². The summed E-state index contributed by atoms with van der Waals surface area (Å²) in [6.07, 6.45) is 3.85. The lowest BCUT2D eigenvalue weighted by atomic mass is 9.77. The van der Waals surface area contributed by atoms with Gasteiger partial charge in [0.15, 0.2) is 11.6 Å². The Labute approximate surface area is 103 Å². The van der Waals surface area contributed by atoms with Gasteiger partial charge >= 0.3 is 0 Å². The van der Waals surface area contributed by atoms with E-state index in [1.54, 1.807) is 0 Å². The SMILES string of the molecule is NC1(c2cc(F)c(F)c(Cl)c2F)CCCCC1. The molecule has 0 atom stereocenters. The Morgan fingerprint density at radius 2 is 1.65 bits per heavy atom. The van der Waals surface area contributed by atoms with Crippen LogP contribution in [-0.4, -0.2) is 0 Å². The first-order chi connectivity index (χ1) is 7.96. The molecule has 0 saturated heterocycles. The molecule has 0 bridgehead atoms. The first-order valence-electron chi connectivity index (χ1n) is 5.58. The highest BCUT2D eigenvalue weighted by molar-refractivity contribution is 6.31. The molecule has 0 aliphatic heterocycles. The predicted molar refractivity (Wildman–Crippen MR) is 60.3 cm³/mol. The molecule has 1 nitrogen and oxygen atoms in total. The summed E-state index contributed by atoms with van der Waals surface area (Å²) in [5.41, 5.74) is 5.14. The molecule has 1 aromatic carbocycles. The van der Waals surface area contributed by atoms with Crippen molar-refractivity contribution >= 4 is 11.6 Å². The first-order valence-corrected chi connectivity index (χ1v) is 5.96. The van der Waals surface area contributed by atoms with E-state index >= 15 is 0 Å². The Balaban J connectivity index is 2.51. The van der Waals surface area contributed by atoms with Crippen LogP contribution in [0.1, 0.15) is 37.7 Å². The van der Waals surface area contributed by atoms with Crippen LogP contribution in [0.2, 0.25) is 5.02 Å². The van der Waals surface area contributed by atoms with Crippen LogP contribution in [-0.2, 0) is 5.54 Å². The van der Waals surface area contributed by atoms with Gasteiger partial charge < -0.3 is 5.73 Å². The van der Waals surface area contributed by atoms with Gasteiger partial charge in [0.2, 0.25) is 0 Å². The van der Waals surface area contributed by atoms with Crippen molar-refractivity contribution in [1.82, 2.24) is 0 Å². The van der Waals surface area contributed by atoms with Crippen molar-refractivity contribution in [2.24, 2.45) is 5.73 Å². The molecule has 0 radical (unpaired) electrons. The molecule has 1 saturated carbocycles. The van der Waals surface area contributed by atoms with Crippen molar-refractivity contribution in [1.29, 1.82) is 0 Å². The van der Waals surface area contributed by atoms with E-state index in [4.69, 9.17) is 17.3 Å². The summed E-state index contributed by atoms with van der Waals surface area (Å²) >= 11 is 5.42. The van der Waals surface area contributed by atoms with Gasteiger partial charge in [-0.25, -0.2) is 13.2 Å². The monoisotopic (exact) mass is 263 g/mol. The average molecular weight is 264 g/mol. The summed E-state index contributed by atoms with van der Waals surface area (Å²) in [5, 5.41) is -0.810. The lowest BCUT2D eigenvalue weighted by Crippen LogP contribution is -2.39. The van der Waals surface area contributed by atoms with E-state index in [2.05, 4.69) is 0 Å². The molecule has 1 aromatic rings. The first kappa shape index (κ1) is 12.7. The second-order valence-electron chi connectivity index (χ2n) is 4.56. The second-order valence-corrected chi connectivity index (χ2v) is 4.94. The fraction of sp³-hybridized carbons (Fsp3) is 0.500. The lowest BCUT2D eigenvalue weighted by Gasteiger charge is -2.34. The Hall–Kier alpha value is -0.740. The second kappa shape index (κ2) is 4.50. The predicted octanol–water partition coefficient (Wildman–Crippen LogP) is 3.88. The zero-order valence-electron chi connectivity index (χ0n) is 9.20. The molecule has 1 fully saturated rings. The summed E-state index contributed by atoms with van der Waals surface area (Å²) in [7, 11) is 0.